The molecule has 1 aromatic rings. The molecule has 0 aromatic carbocycles. The summed E-state index contributed by atoms with van der Waals surface area (Å²) in [5, 5.41) is 16.9. The molecule has 0 spiro atoms. The molecular weight excluding hydrogens is 244 g/mol. The largest absolute Gasteiger partial charge is 0.394 e. The van der Waals surface area contributed by atoms with Gasteiger partial charge in [-0.3, -0.25) is 5.41 Å². The number of amidine groups is 1. The van der Waals surface area contributed by atoms with Gasteiger partial charge in [0.25, 0.3) is 0 Å². The van der Waals surface area contributed by atoms with Crippen LogP contribution in [0.3, 0.4) is 0 Å². The molecule has 1 aliphatic heterocycles. The maximum absolute atomic E-state index is 9.20. The molecule has 6 nitrogen and oxygen atoms in total. The average Bonchev–Trinajstić information content (AvgIpc) is 2.37. The molecule has 1 unspecified atom stereocenters. The molecule has 4 N–H and O–H groups in total. The standard InChI is InChI=1S/C13H20N4O2/c1-8-5-9(2)16-13(11(8)12(14)15)17-3-4-19-10(6-17)7-18/h5,10,18H,3-4,6-7H2,1-2H3,(H3,14,15). The van der Waals surface area contributed by atoms with Gasteiger partial charge in [0, 0.05) is 18.8 Å². The SMILES string of the molecule is Cc1cc(C)c(C(=N)N)c(N2CCOC(CO)C2)n1. The number of ether oxygens (including phenoxy) is 1. The summed E-state index contributed by atoms with van der Waals surface area (Å²) < 4.78 is 5.44. The van der Waals surface area contributed by atoms with Gasteiger partial charge in [-0.15, -0.1) is 0 Å². The van der Waals surface area contributed by atoms with Crippen LogP contribution in [0.5, 0.6) is 0 Å². The van der Waals surface area contributed by atoms with Crippen molar-refractivity contribution in [3.05, 3.63) is 22.9 Å². The molecule has 2 rings (SSSR count). The third-order valence-corrected chi connectivity index (χ3v) is 3.24. The number of hydrogen-bond acceptors (Lipinski definition) is 5. The average molecular weight is 264 g/mol. The van der Waals surface area contributed by atoms with Gasteiger partial charge < -0.3 is 20.5 Å². The van der Waals surface area contributed by atoms with E-state index in [4.69, 9.17) is 15.9 Å². The molecule has 1 fully saturated rings. The van der Waals surface area contributed by atoms with Crippen molar-refractivity contribution < 1.29 is 9.84 Å². The number of nitrogens with zero attached hydrogens (tertiary/aromatic N) is 2. The number of aromatic nitrogens is 1. The second kappa shape index (κ2) is 5.54. The molecule has 1 aromatic heterocycles. The Morgan fingerprint density at radius 3 is 3.00 bits per heavy atom. The van der Waals surface area contributed by atoms with Gasteiger partial charge in [0.05, 0.1) is 24.9 Å². The minimum atomic E-state index is -0.212. The Bertz CT molecular complexity index is 490. The van der Waals surface area contributed by atoms with Crippen LogP contribution in [0.4, 0.5) is 5.82 Å². The van der Waals surface area contributed by atoms with Gasteiger partial charge in [0.2, 0.25) is 0 Å². The molecule has 0 amide bonds. The number of aliphatic hydroxyl groups is 1. The van der Waals surface area contributed by atoms with Crippen molar-refractivity contribution >= 4 is 11.7 Å². The smallest absolute Gasteiger partial charge is 0.140 e. The van der Waals surface area contributed by atoms with E-state index in [2.05, 4.69) is 4.98 Å². The number of pyridine rings is 1. The highest BCUT2D eigenvalue weighted by Crippen LogP contribution is 2.24. The van der Waals surface area contributed by atoms with Crippen LogP contribution >= 0.6 is 0 Å². The number of morpholine rings is 1. The van der Waals surface area contributed by atoms with Crippen LogP contribution in [0, 0.1) is 19.3 Å². The first-order valence-corrected chi connectivity index (χ1v) is 6.33. The topological polar surface area (TPSA) is 95.5 Å². The number of nitrogens with one attached hydrogen (secondary N) is 1. The van der Waals surface area contributed by atoms with Gasteiger partial charge in [-0.1, -0.05) is 0 Å². The number of aryl methyl sites for hydroxylation is 2. The Morgan fingerprint density at radius 2 is 2.37 bits per heavy atom. The van der Waals surface area contributed by atoms with E-state index in [0.29, 0.717) is 31.1 Å². The molecule has 104 valence electrons. The minimum absolute atomic E-state index is 0.0172. The monoisotopic (exact) mass is 264 g/mol. The summed E-state index contributed by atoms with van der Waals surface area (Å²) in [7, 11) is 0. The lowest BCUT2D eigenvalue weighted by atomic mass is 10.1. The van der Waals surface area contributed by atoms with E-state index in [-0.39, 0.29) is 18.5 Å². The van der Waals surface area contributed by atoms with Crippen molar-refractivity contribution in [2.75, 3.05) is 31.2 Å². The summed E-state index contributed by atoms with van der Waals surface area (Å²) in [4.78, 5) is 6.54. The van der Waals surface area contributed by atoms with E-state index in [1.165, 1.54) is 0 Å². The molecule has 1 atom stereocenters. The van der Waals surface area contributed by atoms with Crippen molar-refractivity contribution in [2.45, 2.75) is 20.0 Å². The first-order valence-electron chi connectivity index (χ1n) is 6.33. The number of anilines is 1. The highest BCUT2D eigenvalue weighted by molar-refractivity contribution is 6.01. The van der Waals surface area contributed by atoms with Crippen molar-refractivity contribution in [3.8, 4) is 0 Å². The third kappa shape index (κ3) is 2.85. The lowest BCUT2D eigenvalue weighted by Gasteiger charge is -2.34. The van der Waals surface area contributed by atoms with E-state index in [0.717, 1.165) is 11.3 Å². The number of hydrogen-bond donors (Lipinski definition) is 3. The molecule has 19 heavy (non-hydrogen) atoms. The summed E-state index contributed by atoms with van der Waals surface area (Å²) in [6.45, 7) is 5.62. The highest BCUT2D eigenvalue weighted by Gasteiger charge is 2.24. The molecule has 0 aliphatic carbocycles. The normalized spacial score (nSPS) is 19.5. The van der Waals surface area contributed by atoms with E-state index in [9.17, 15) is 5.11 Å². The highest BCUT2D eigenvalue weighted by atomic mass is 16.5. The molecule has 0 bridgehead atoms. The Labute approximate surface area is 112 Å². The van der Waals surface area contributed by atoms with Gasteiger partial charge in [0.1, 0.15) is 11.7 Å². The number of aliphatic hydroxyl groups excluding tert-OH is 1. The van der Waals surface area contributed by atoms with Crippen LogP contribution < -0.4 is 10.6 Å². The zero-order valence-electron chi connectivity index (χ0n) is 11.3. The maximum atomic E-state index is 9.20. The Kier molecular flexibility index (Phi) is 4.01. The minimum Gasteiger partial charge on any atom is -0.394 e. The predicted octanol–water partition coefficient (Wildman–Crippen LogP) is 0.180. The van der Waals surface area contributed by atoms with Crippen LogP contribution in [0.1, 0.15) is 16.8 Å². The lowest BCUT2D eigenvalue weighted by molar-refractivity contribution is 0.00334. The van der Waals surface area contributed by atoms with Gasteiger partial charge in [-0.2, -0.15) is 0 Å². The fourth-order valence-electron chi connectivity index (χ4n) is 2.40. The first-order chi connectivity index (χ1) is 9.02. The molecule has 0 radical (unpaired) electrons. The second-order valence-electron chi connectivity index (χ2n) is 4.81. The molecular formula is C13H20N4O2. The van der Waals surface area contributed by atoms with Gasteiger partial charge in [-0.05, 0) is 25.5 Å². The molecule has 1 saturated heterocycles. The van der Waals surface area contributed by atoms with Crippen molar-refractivity contribution in [1.29, 1.82) is 5.41 Å². The first kappa shape index (κ1) is 13.8. The van der Waals surface area contributed by atoms with Crippen LogP contribution in [-0.4, -0.2) is 48.3 Å². The quantitative estimate of drug-likeness (QED) is 0.534. The molecule has 2 heterocycles. The fraction of sp³-hybridized carbons (Fsp3) is 0.538. The maximum Gasteiger partial charge on any atom is 0.140 e. The lowest BCUT2D eigenvalue weighted by Crippen LogP contribution is -2.45. The van der Waals surface area contributed by atoms with Gasteiger partial charge in [0.15, 0.2) is 0 Å². The van der Waals surface area contributed by atoms with Crippen LogP contribution in [0.2, 0.25) is 0 Å². The zero-order valence-corrected chi connectivity index (χ0v) is 11.3. The van der Waals surface area contributed by atoms with Crippen LogP contribution in [0.15, 0.2) is 6.07 Å². The van der Waals surface area contributed by atoms with E-state index in [1.54, 1.807) is 0 Å². The summed E-state index contributed by atoms with van der Waals surface area (Å²) >= 11 is 0. The molecule has 0 saturated carbocycles. The molecule has 6 heteroatoms. The van der Waals surface area contributed by atoms with Crippen molar-refractivity contribution in [2.24, 2.45) is 5.73 Å². The van der Waals surface area contributed by atoms with Crippen LogP contribution in [0.25, 0.3) is 0 Å². The van der Waals surface area contributed by atoms with Crippen molar-refractivity contribution in [1.82, 2.24) is 4.98 Å². The van der Waals surface area contributed by atoms with E-state index < -0.39 is 0 Å². The van der Waals surface area contributed by atoms with Crippen molar-refractivity contribution in [3.63, 3.8) is 0 Å². The third-order valence-electron chi connectivity index (χ3n) is 3.24. The Hall–Kier alpha value is -1.66. The summed E-state index contributed by atoms with van der Waals surface area (Å²) in [5.41, 5.74) is 8.19. The number of rotatable bonds is 3. The number of nitrogen functional groups attached to an aromatic ring is 1. The Balaban J connectivity index is 2.40. The predicted molar refractivity (Wildman–Crippen MR) is 73.8 cm³/mol. The van der Waals surface area contributed by atoms with E-state index in [1.807, 2.05) is 24.8 Å². The number of nitrogens with two attached hydrogens (primary N) is 1. The van der Waals surface area contributed by atoms with Crippen LogP contribution in [-0.2, 0) is 4.74 Å². The molecule has 1 aliphatic rings. The zero-order chi connectivity index (χ0) is 14.0. The fourth-order valence-corrected chi connectivity index (χ4v) is 2.40. The van der Waals surface area contributed by atoms with Gasteiger partial charge >= 0.3 is 0 Å². The second-order valence-corrected chi connectivity index (χ2v) is 4.81. The summed E-state index contributed by atoms with van der Waals surface area (Å²) in [6, 6.07) is 1.92. The summed E-state index contributed by atoms with van der Waals surface area (Å²) in [5.74, 6) is 0.735. The van der Waals surface area contributed by atoms with E-state index >= 15 is 0 Å². The Morgan fingerprint density at radius 1 is 1.63 bits per heavy atom. The summed E-state index contributed by atoms with van der Waals surface area (Å²) in [6.07, 6.45) is -0.212. The van der Waals surface area contributed by atoms with Gasteiger partial charge in [-0.25, -0.2) is 4.98 Å².